The quantitative estimate of drug-likeness (QED) is 0.531. The van der Waals surface area contributed by atoms with Gasteiger partial charge in [0.2, 0.25) is 0 Å². The van der Waals surface area contributed by atoms with Gasteiger partial charge < -0.3 is 0 Å². The summed E-state index contributed by atoms with van der Waals surface area (Å²) in [4.78, 5) is 8.89. The fraction of sp³-hybridized carbons (Fsp3) is 1.00. The maximum absolute atomic E-state index is 8.89. The maximum atomic E-state index is 8.89. The van der Waals surface area contributed by atoms with Crippen molar-refractivity contribution in [2.75, 3.05) is 6.16 Å². The molecule has 0 aliphatic carbocycles. The van der Waals surface area contributed by atoms with E-state index in [4.69, 9.17) is 27.4 Å². The van der Waals surface area contributed by atoms with Crippen LogP contribution in [0.2, 0.25) is 0 Å². The van der Waals surface area contributed by atoms with Gasteiger partial charge in [-0.25, -0.2) is 4.89 Å². The highest BCUT2D eigenvalue weighted by molar-refractivity contribution is 8.13. The van der Waals surface area contributed by atoms with Gasteiger partial charge in [-0.3, -0.25) is 0 Å². The van der Waals surface area contributed by atoms with Gasteiger partial charge in [0.25, 0.3) is 0 Å². The summed E-state index contributed by atoms with van der Waals surface area (Å²) in [5.41, 5.74) is 0. The molecule has 0 aliphatic rings. The summed E-state index contributed by atoms with van der Waals surface area (Å²) in [6.45, 7) is 2.10. The predicted molar refractivity (Wildman–Crippen MR) is 45.2 cm³/mol. The molecule has 56 valence electrons. The maximum Gasteiger partial charge on any atom is 0.335 e. The van der Waals surface area contributed by atoms with Crippen molar-refractivity contribution in [3.63, 3.8) is 0 Å². The van der Waals surface area contributed by atoms with Gasteiger partial charge in [0.1, 0.15) is 28.6 Å². The summed E-state index contributed by atoms with van der Waals surface area (Å²) in [6, 6.07) is 0. The molecule has 0 spiro atoms. The molecule has 0 aromatic heterocycles. The van der Waals surface area contributed by atoms with Crippen molar-refractivity contribution in [2.24, 2.45) is 0 Å². The lowest BCUT2D eigenvalue weighted by Gasteiger charge is -1.98. The average Bonchev–Trinajstić information content (AvgIpc) is 1.63. The van der Waals surface area contributed by atoms with E-state index in [0.717, 1.165) is 19.3 Å². The average molecular weight is 190 g/mol. The fourth-order valence-corrected chi connectivity index (χ4v) is 1.87. The Labute approximate surface area is 66.4 Å². The van der Waals surface area contributed by atoms with E-state index in [9.17, 15) is 0 Å². The monoisotopic (exact) mass is 189 g/mol. The van der Waals surface area contributed by atoms with Crippen LogP contribution in [0.4, 0.5) is 0 Å². The van der Waals surface area contributed by atoms with Crippen LogP contribution in [-0.4, -0.2) is 11.1 Å². The zero-order chi connectivity index (χ0) is 7.33. The summed E-state index contributed by atoms with van der Waals surface area (Å²) in [7, 11) is 0. The number of rotatable bonds is 4. The fourth-order valence-electron chi connectivity index (χ4n) is 0.552. The topological polar surface area (TPSA) is 20.2 Å². The SMILES string of the molecule is CCCCC[P+](O)(Cl)Cl. The third-order valence-corrected chi connectivity index (χ3v) is 2.90. The summed E-state index contributed by atoms with van der Waals surface area (Å²) in [5, 5.41) is 0. The molecule has 0 aromatic rings. The molecule has 0 unspecified atom stereocenters. The third-order valence-electron chi connectivity index (χ3n) is 1.03. The normalized spacial score (nSPS) is 12.0. The molecule has 0 saturated carbocycles. The van der Waals surface area contributed by atoms with Gasteiger partial charge in [0, 0.05) is 0 Å². The van der Waals surface area contributed by atoms with Crippen LogP contribution in [-0.2, 0) is 0 Å². The molecule has 0 aliphatic heterocycles. The zero-order valence-electron chi connectivity index (χ0n) is 5.48. The molecule has 0 amide bonds. The van der Waals surface area contributed by atoms with Gasteiger partial charge in [0.15, 0.2) is 0 Å². The summed E-state index contributed by atoms with van der Waals surface area (Å²) in [6.07, 6.45) is 1.24. The van der Waals surface area contributed by atoms with E-state index >= 15 is 0 Å². The van der Waals surface area contributed by atoms with Gasteiger partial charge in [0.05, 0.1) is 0 Å². The van der Waals surface area contributed by atoms with Crippen molar-refractivity contribution in [2.45, 2.75) is 26.2 Å². The van der Waals surface area contributed by atoms with Crippen LogP contribution >= 0.6 is 28.7 Å². The Balaban J connectivity index is 3.07. The Hall–Kier alpha value is 0.970. The molecular formula is C5H12Cl2OP+. The summed E-state index contributed by atoms with van der Waals surface area (Å²) in [5.74, 6) is 0. The molecule has 0 saturated heterocycles. The molecule has 1 nitrogen and oxygen atoms in total. The number of hydrogen-bond acceptors (Lipinski definition) is 1. The largest absolute Gasteiger partial charge is 0.335 e. The van der Waals surface area contributed by atoms with Crippen molar-refractivity contribution in [1.29, 1.82) is 0 Å². The van der Waals surface area contributed by atoms with Crippen LogP contribution in [0.1, 0.15) is 26.2 Å². The van der Waals surface area contributed by atoms with E-state index in [0.29, 0.717) is 6.16 Å². The first kappa shape index (κ1) is 9.97. The predicted octanol–water partition coefficient (Wildman–Crippen LogP) is 3.41. The molecule has 0 aromatic carbocycles. The van der Waals surface area contributed by atoms with Gasteiger partial charge in [-0.1, -0.05) is 13.3 Å². The van der Waals surface area contributed by atoms with Crippen molar-refractivity contribution >= 4 is 28.7 Å². The number of halogens is 2. The Morgan fingerprint density at radius 3 is 2.22 bits per heavy atom. The van der Waals surface area contributed by atoms with E-state index in [-0.39, 0.29) is 0 Å². The van der Waals surface area contributed by atoms with Crippen LogP contribution in [0.5, 0.6) is 0 Å². The molecule has 0 radical (unpaired) electrons. The zero-order valence-corrected chi connectivity index (χ0v) is 7.89. The Morgan fingerprint density at radius 1 is 1.33 bits per heavy atom. The highest BCUT2D eigenvalue weighted by atomic mass is 35.9. The van der Waals surface area contributed by atoms with Gasteiger partial charge in [-0.05, 0) is 12.8 Å². The smallest absolute Gasteiger partial charge is 0.215 e. The minimum atomic E-state index is -2.50. The minimum absolute atomic E-state index is 0.573. The van der Waals surface area contributed by atoms with Gasteiger partial charge in [-0.2, -0.15) is 0 Å². The van der Waals surface area contributed by atoms with Crippen LogP contribution in [0, 0.1) is 0 Å². The molecular weight excluding hydrogens is 178 g/mol. The van der Waals surface area contributed by atoms with E-state index in [1.165, 1.54) is 0 Å². The Bertz CT molecular complexity index is 71.8. The second kappa shape index (κ2) is 4.73. The van der Waals surface area contributed by atoms with Crippen molar-refractivity contribution in [1.82, 2.24) is 0 Å². The highest BCUT2D eigenvalue weighted by Gasteiger charge is 2.29. The molecule has 9 heavy (non-hydrogen) atoms. The van der Waals surface area contributed by atoms with E-state index in [2.05, 4.69) is 6.92 Å². The lowest BCUT2D eigenvalue weighted by atomic mass is 10.3. The molecule has 0 heterocycles. The van der Waals surface area contributed by atoms with Crippen molar-refractivity contribution < 1.29 is 4.89 Å². The second-order valence-electron chi connectivity index (χ2n) is 2.03. The summed E-state index contributed by atoms with van der Waals surface area (Å²) < 4.78 is 0. The number of unbranched alkanes of at least 4 members (excludes halogenated alkanes) is 2. The van der Waals surface area contributed by atoms with E-state index in [1.54, 1.807) is 0 Å². The molecule has 0 rings (SSSR count). The lowest BCUT2D eigenvalue weighted by Crippen LogP contribution is -1.83. The van der Waals surface area contributed by atoms with Crippen LogP contribution in [0.15, 0.2) is 0 Å². The Morgan fingerprint density at radius 2 is 1.89 bits per heavy atom. The van der Waals surface area contributed by atoms with Crippen molar-refractivity contribution in [3.05, 3.63) is 0 Å². The first-order valence-corrected chi connectivity index (χ1v) is 6.80. The van der Waals surface area contributed by atoms with Gasteiger partial charge in [-0.15, -0.1) is 0 Å². The van der Waals surface area contributed by atoms with Crippen LogP contribution in [0.25, 0.3) is 0 Å². The highest BCUT2D eigenvalue weighted by Crippen LogP contribution is 2.65. The molecule has 0 fully saturated rings. The lowest BCUT2D eigenvalue weighted by molar-refractivity contribution is 0.625. The first-order chi connectivity index (χ1) is 4.06. The first-order valence-electron chi connectivity index (χ1n) is 3.06. The standard InChI is InChI=1S/C5H12Cl2OP/c1-2-3-4-5-9(6,7)8/h8H,2-5H2,1H3/q+1. The third kappa shape index (κ3) is 8.97. The minimum Gasteiger partial charge on any atom is -0.215 e. The molecule has 1 N–H and O–H groups in total. The summed E-state index contributed by atoms with van der Waals surface area (Å²) >= 11 is 10.8. The molecule has 4 heteroatoms. The Kier molecular flexibility index (Phi) is 5.25. The van der Waals surface area contributed by atoms with Crippen LogP contribution in [0.3, 0.4) is 0 Å². The van der Waals surface area contributed by atoms with Crippen molar-refractivity contribution in [3.8, 4) is 0 Å². The van der Waals surface area contributed by atoms with E-state index < -0.39 is 6.19 Å². The van der Waals surface area contributed by atoms with Gasteiger partial charge >= 0.3 is 6.19 Å². The molecule has 0 bridgehead atoms. The van der Waals surface area contributed by atoms with E-state index in [1.807, 2.05) is 0 Å². The second-order valence-corrected chi connectivity index (χ2v) is 7.54. The molecule has 0 atom stereocenters. The van der Waals surface area contributed by atoms with Crippen LogP contribution < -0.4 is 0 Å². The number of hydrogen-bond donors (Lipinski definition) is 1.